The van der Waals surface area contributed by atoms with Crippen LogP contribution in [-0.2, 0) is 0 Å². The molecule has 0 spiro atoms. The molecule has 0 atom stereocenters. The lowest BCUT2D eigenvalue weighted by Crippen LogP contribution is -2.16. The van der Waals surface area contributed by atoms with E-state index in [2.05, 4.69) is 15.1 Å². The molecular formula is C9H10N6O. The molecule has 2 heterocycles. The highest BCUT2D eigenvalue weighted by Crippen LogP contribution is 2.11. The highest BCUT2D eigenvalue weighted by Gasteiger charge is 2.12. The largest absolute Gasteiger partial charge is 0.366 e. The highest BCUT2D eigenvalue weighted by atomic mass is 16.1. The van der Waals surface area contributed by atoms with Crippen molar-refractivity contribution in [2.24, 2.45) is 5.73 Å². The summed E-state index contributed by atoms with van der Waals surface area (Å²) in [6, 6.07) is 3.29. The Morgan fingerprint density at radius 2 is 2.19 bits per heavy atom. The first-order valence-electron chi connectivity index (χ1n) is 4.53. The summed E-state index contributed by atoms with van der Waals surface area (Å²) in [7, 11) is 0. The zero-order chi connectivity index (χ0) is 11.7. The Labute approximate surface area is 91.1 Å². The zero-order valence-electron chi connectivity index (χ0n) is 8.58. The standard InChI is InChI=1S/C9H10N6O/c1-5-2-3-6(7(10)16)8(13-5)15-4-12-9(11)14-15/h2-4H,1H3,(H2,10,16)(H2,11,14). The minimum absolute atomic E-state index is 0.110. The van der Waals surface area contributed by atoms with Crippen LogP contribution in [0.4, 0.5) is 5.95 Å². The molecule has 0 unspecified atom stereocenters. The van der Waals surface area contributed by atoms with Gasteiger partial charge in [0, 0.05) is 5.69 Å². The van der Waals surface area contributed by atoms with Crippen molar-refractivity contribution in [3.05, 3.63) is 29.7 Å². The van der Waals surface area contributed by atoms with Crippen LogP contribution >= 0.6 is 0 Å². The smallest absolute Gasteiger partial charge is 0.252 e. The van der Waals surface area contributed by atoms with E-state index in [4.69, 9.17) is 11.5 Å². The highest BCUT2D eigenvalue weighted by molar-refractivity contribution is 5.95. The number of aromatic nitrogens is 4. The minimum Gasteiger partial charge on any atom is -0.366 e. The summed E-state index contributed by atoms with van der Waals surface area (Å²) in [5.74, 6) is -0.132. The van der Waals surface area contributed by atoms with Crippen LogP contribution < -0.4 is 11.5 Å². The summed E-state index contributed by atoms with van der Waals surface area (Å²) >= 11 is 0. The Hall–Kier alpha value is -2.44. The molecule has 0 aliphatic heterocycles. The molecule has 4 N–H and O–H groups in total. The number of anilines is 1. The first-order chi connectivity index (χ1) is 7.58. The summed E-state index contributed by atoms with van der Waals surface area (Å²) in [4.78, 5) is 19.1. The number of carbonyl (C=O) groups excluding carboxylic acids is 1. The number of nitrogen functional groups attached to an aromatic ring is 1. The predicted octanol–water partition coefficient (Wildman–Crippen LogP) is -0.348. The summed E-state index contributed by atoms with van der Waals surface area (Å²) in [5.41, 5.74) is 11.6. The number of nitrogens with two attached hydrogens (primary N) is 2. The van der Waals surface area contributed by atoms with Gasteiger partial charge in [0.15, 0.2) is 5.82 Å². The molecule has 0 saturated carbocycles. The summed E-state index contributed by atoms with van der Waals surface area (Å²) in [6.45, 7) is 1.80. The van der Waals surface area contributed by atoms with Gasteiger partial charge < -0.3 is 11.5 Å². The average molecular weight is 218 g/mol. The second-order valence-corrected chi connectivity index (χ2v) is 3.24. The molecule has 2 rings (SSSR count). The number of nitrogens with zero attached hydrogens (tertiary/aromatic N) is 4. The average Bonchev–Trinajstić information content (AvgIpc) is 2.64. The first kappa shape index (κ1) is 10.1. The fourth-order valence-electron chi connectivity index (χ4n) is 1.29. The number of pyridine rings is 1. The van der Waals surface area contributed by atoms with Crippen molar-refractivity contribution in [2.75, 3.05) is 5.73 Å². The van der Waals surface area contributed by atoms with Crippen LogP contribution in [0, 0.1) is 6.92 Å². The molecule has 82 valence electrons. The third-order valence-corrected chi connectivity index (χ3v) is 2.01. The van der Waals surface area contributed by atoms with Gasteiger partial charge in [-0.3, -0.25) is 4.79 Å². The monoisotopic (exact) mass is 218 g/mol. The van der Waals surface area contributed by atoms with Gasteiger partial charge in [-0.15, -0.1) is 5.10 Å². The van der Waals surface area contributed by atoms with E-state index in [0.717, 1.165) is 5.69 Å². The van der Waals surface area contributed by atoms with Crippen LogP contribution in [-0.4, -0.2) is 25.7 Å². The third-order valence-electron chi connectivity index (χ3n) is 2.01. The van der Waals surface area contributed by atoms with E-state index in [1.165, 1.54) is 11.0 Å². The first-order valence-corrected chi connectivity index (χ1v) is 4.53. The van der Waals surface area contributed by atoms with Gasteiger partial charge in [0.05, 0.1) is 5.56 Å². The number of amides is 1. The molecule has 0 saturated heterocycles. The molecule has 7 heteroatoms. The second-order valence-electron chi connectivity index (χ2n) is 3.24. The Kier molecular flexibility index (Phi) is 2.28. The van der Waals surface area contributed by atoms with Crippen molar-refractivity contribution in [3.63, 3.8) is 0 Å². The molecule has 2 aromatic heterocycles. The van der Waals surface area contributed by atoms with Gasteiger partial charge in [-0.05, 0) is 19.1 Å². The third kappa shape index (κ3) is 1.70. The van der Waals surface area contributed by atoms with E-state index in [1.54, 1.807) is 19.1 Å². The SMILES string of the molecule is Cc1ccc(C(N)=O)c(-n2cnc(N)n2)n1. The quantitative estimate of drug-likeness (QED) is 0.715. The van der Waals surface area contributed by atoms with Gasteiger partial charge in [-0.2, -0.15) is 4.68 Å². The Balaban J connectivity index is 2.62. The molecule has 0 bridgehead atoms. The van der Waals surface area contributed by atoms with Crippen LogP contribution in [0.1, 0.15) is 16.1 Å². The summed E-state index contributed by atoms with van der Waals surface area (Å²) in [5, 5.41) is 3.88. The van der Waals surface area contributed by atoms with E-state index in [0.29, 0.717) is 5.82 Å². The molecular weight excluding hydrogens is 208 g/mol. The van der Waals surface area contributed by atoms with Gasteiger partial charge in [0.2, 0.25) is 5.95 Å². The molecule has 0 aliphatic carbocycles. The number of primary amides is 1. The topological polar surface area (TPSA) is 113 Å². The van der Waals surface area contributed by atoms with Crippen LogP contribution in [0.5, 0.6) is 0 Å². The molecule has 0 fully saturated rings. The molecule has 1 amide bonds. The van der Waals surface area contributed by atoms with Gasteiger partial charge in [-0.1, -0.05) is 0 Å². The van der Waals surface area contributed by atoms with Gasteiger partial charge in [0.1, 0.15) is 6.33 Å². The van der Waals surface area contributed by atoms with Crippen molar-refractivity contribution in [3.8, 4) is 5.82 Å². The fourth-order valence-corrected chi connectivity index (χ4v) is 1.29. The van der Waals surface area contributed by atoms with Crippen molar-refractivity contribution < 1.29 is 4.79 Å². The van der Waals surface area contributed by atoms with E-state index in [1.807, 2.05) is 0 Å². The lowest BCUT2D eigenvalue weighted by Gasteiger charge is -2.05. The van der Waals surface area contributed by atoms with Gasteiger partial charge >= 0.3 is 0 Å². The van der Waals surface area contributed by atoms with Gasteiger partial charge in [0.25, 0.3) is 5.91 Å². The van der Waals surface area contributed by atoms with E-state index in [9.17, 15) is 4.79 Å². The van der Waals surface area contributed by atoms with Crippen molar-refractivity contribution in [1.82, 2.24) is 19.7 Å². The lowest BCUT2D eigenvalue weighted by molar-refractivity contribution is 0.1000. The Bertz CT molecular complexity index is 547. The number of hydrogen-bond donors (Lipinski definition) is 2. The van der Waals surface area contributed by atoms with E-state index < -0.39 is 5.91 Å². The maximum atomic E-state index is 11.2. The predicted molar refractivity (Wildman–Crippen MR) is 56.8 cm³/mol. The molecule has 16 heavy (non-hydrogen) atoms. The fraction of sp³-hybridized carbons (Fsp3) is 0.111. The van der Waals surface area contributed by atoms with E-state index in [-0.39, 0.29) is 11.5 Å². The summed E-state index contributed by atoms with van der Waals surface area (Å²) < 4.78 is 1.32. The Morgan fingerprint density at radius 1 is 1.44 bits per heavy atom. The van der Waals surface area contributed by atoms with Crippen LogP contribution in [0.2, 0.25) is 0 Å². The van der Waals surface area contributed by atoms with E-state index >= 15 is 0 Å². The Morgan fingerprint density at radius 3 is 2.75 bits per heavy atom. The van der Waals surface area contributed by atoms with Gasteiger partial charge in [-0.25, -0.2) is 9.97 Å². The summed E-state index contributed by atoms with van der Waals surface area (Å²) in [6.07, 6.45) is 1.38. The van der Waals surface area contributed by atoms with Crippen LogP contribution in [0.3, 0.4) is 0 Å². The van der Waals surface area contributed by atoms with Crippen LogP contribution in [0.25, 0.3) is 5.82 Å². The number of aryl methyl sites for hydroxylation is 1. The minimum atomic E-state index is -0.573. The normalized spacial score (nSPS) is 10.3. The van der Waals surface area contributed by atoms with Crippen molar-refractivity contribution in [1.29, 1.82) is 0 Å². The second kappa shape index (κ2) is 3.61. The molecule has 0 aliphatic rings. The lowest BCUT2D eigenvalue weighted by atomic mass is 10.2. The zero-order valence-corrected chi connectivity index (χ0v) is 8.58. The maximum Gasteiger partial charge on any atom is 0.252 e. The molecule has 0 radical (unpaired) electrons. The van der Waals surface area contributed by atoms with Crippen molar-refractivity contribution >= 4 is 11.9 Å². The molecule has 2 aromatic rings. The number of hydrogen-bond acceptors (Lipinski definition) is 5. The van der Waals surface area contributed by atoms with Crippen LogP contribution in [0.15, 0.2) is 18.5 Å². The maximum absolute atomic E-state index is 11.2. The number of rotatable bonds is 2. The molecule has 0 aromatic carbocycles. The molecule has 7 nitrogen and oxygen atoms in total. The number of carbonyl (C=O) groups is 1. The van der Waals surface area contributed by atoms with Crippen molar-refractivity contribution in [2.45, 2.75) is 6.92 Å².